The fourth-order valence-electron chi connectivity index (χ4n) is 2.09. The van der Waals surface area contributed by atoms with Crippen LogP contribution in [0.5, 0.6) is 0 Å². The molecule has 108 valence electrons. The Labute approximate surface area is 114 Å². The van der Waals surface area contributed by atoms with Crippen molar-refractivity contribution in [2.24, 2.45) is 11.7 Å². The molecular weight excluding hydrogens is 271 g/mol. The lowest BCUT2D eigenvalue weighted by Gasteiger charge is -2.13. The Balaban J connectivity index is 2.42. The van der Waals surface area contributed by atoms with E-state index in [1.54, 1.807) is 13.8 Å². The van der Waals surface area contributed by atoms with Crippen LogP contribution in [0.15, 0.2) is 30.1 Å². The summed E-state index contributed by atoms with van der Waals surface area (Å²) in [6.45, 7) is 3.57. The Morgan fingerprint density at radius 2 is 1.95 bits per heavy atom. The highest BCUT2D eigenvalue weighted by molar-refractivity contribution is 6.25. The number of alkyl halides is 3. The van der Waals surface area contributed by atoms with Crippen LogP contribution in [0.1, 0.15) is 25.0 Å². The van der Waals surface area contributed by atoms with Crippen LogP contribution in [-0.4, -0.2) is 11.9 Å². The molecule has 2 N–H and O–H groups in total. The van der Waals surface area contributed by atoms with Crippen molar-refractivity contribution in [1.29, 1.82) is 0 Å². The maximum atomic E-state index is 12.7. The molecule has 20 heavy (non-hydrogen) atoms. The summed E-state index contributed by atoms with van der Waals surface area (Å²) in [4.78, 5) is 12.2. The molecule has 0 saturated carbocycles. The van der Waals surface area contributed by atoms with E-state index in [1.807, 2.05) is 0 Å². The van der Waals surface area contributed by atoms with Gasteiger partial charge in [0.15, 0.2) is 12.0 Å². The van der Waals surface area contributed by atoms with Gasteiger partial charge in [-0.25, -0.2) is 0 Å². The number of halogens is 3. The van der Waals surface area contributed by atoms with E-state index >= 15 is 0 Å². The van der Waals surface area contributed by atoms with Crippen molar-refractivity contribution in [3.05, 3.63) is 41.3 Å². The first-order chi connectivity index (χ1) is 9.21. The van der Waals surface area contributed by atoms with Crippen LogP contribution < -0.4 is 5.73 Å². The Bertz CT molecular complexity index is 576. The predicted octanol–water partition coefficient (Wildman–Crippen LogP) is 2.96. The Morgan fingerprint density at radius 3 is 2.45 bits per heavy atom. The Morgan fingerprint density at radius 1 is 1.30 bits per heavy atom. The van der Waals surface area contributed by atoms with Crippen LogP contribution in [0.3, 0.4) is 0 Å². The van der Waals surface area contributed by atoms with E-state index in [2.05, 4.69) is 0 Å². The third kappa shape index (κ3) is 2.50. The third-order valence-electron chi connectivity index (χ3n) is 3.09. The molecule has 0 radical (unpaired) electrons. The summed E-state index contributed by atoms with van der Waals surface area (Å²) in [6.07, 6.45) is -5.20. The molecule has 0 spiro atoms. The zero-order valence-electron chi connectivity index (χ0n) is 11.0. The molecule has 3 nitrogen and oxygen atoms in total. The van der Waals surface area contributed by atoms with Gasteiger partial charge in [-0.2, -0.15) is 13.2 Å². The molecule has 0 saturated heterocycles. The molecule has 0 aromatic heterocycles. The molecule has 0 fully saturated rings. The van der Waals surface area contributed by atoms with Gasteiger partial charge in [-0.1, -0.05) is 26.0 Å². The number of carbonyl (C=O) groups excluding carboxylic acids is 1. The van der Waals surface area contributed by atoms with Crippen molar-refractivity contribution in [2.45, 2.75) is 26.1 Å². The van der Waals surface area contributed by atoms with Crippen molar-refractivity contribution >= 4 is 11.4 Å². The molecular formula is C14H14F3NO2. The highest BCUT2D eigenvalue weighted by Crippen LogP contribution is 2.34. The number of nitrogens with two attached hydrogens (primary N) is 1. The maximum absolute atomic E-state index is 12.7. The van der Waals surface area contributed by atoms with Gasteiger partial charge in [0.05, 0.1) is 11.1 Å². The van der Waals surface area contributed by atoms with Crippen LogP contribution in [-0.2, 0) is 15.7 Å². The zero-order valence-corrected chi connectivity index (χ0v) is 11.0. The molecule has 1 atom stereocenters. The van der Waals surface area contributed by atoms with Gasteiger partial charge in [-0.15, -0.1) is 0 Å². The van der Waals surface area contributed by atoms with Gasteiger partial charge in [0.25, 0.3) is 0 Å². The van der Waals surface area contributed by atoms with Gasteiger partial charge in [-0.05, 0) is 23.6 Å². The minimum Gasteiger partial charge on any atom is -0.467 e. The zero-order chi connectivity index (χ0) is 15.1. The van der Waals surface area contributed by atoms with Crippen molar-refractivity contribution in [1.82, 2.24) is 0 Å². The average molecular weight is 285 g/mol. The standard InChI is InChI=1S/C14H14F3NO2/c1-7(2)12-11(19)10(13(18)20-12)8-4-3-5-9(6-8)14(15,16)17/h3-7,12H,18H2,1-2H3. The number of rotatable bonds is 2. The minimum atomic E-state index is -4.47. The molecule has 1 aromatic carbocycles. The van der Waals surface area contributed by atoms with Crippen LogP contribution in [0.2, 0.25) is 0 Å². The largest absolute Gasteiger partial charge is 0.467 e. The number of ether oxygens (including phenoxy) is 1. The first-order valence-corrected chi connectivity index (χ1v) is 6.10. The topological polar surface area (TPSA) is 52.3 Å². The van der Waals surface area contributed by atoms with Gasteiger partial charge in [0.1, 0.15) is 0 Å². The smallest absolute Gasteiger partial charge is 0.416 e. The number of ketones is 1. The van der Waals surface area contributed by atoms with E-state index in [1.165, 1.54) is 12.1 Å². The molecule has 0 bridgehead atoms. The van der Waals surface area contributed by atoms with E-state index < -0.39 is 17.8 Å². The van der Waals surface area contributed by atoms with Crippen LogP contribution in [0.25, 0.3) is 5.57 Å². The summed E-state index contributed by atoms with van der Waals surface area (Å²) >= 11 is 0. The number of benzene rings is 1. The predicted molar refractivity (Wildman–Crippen MR) is 67.3 cm³/mol. The molecule has 2 rings (SSSR count). The van der Waals surface area contributed by atoms with Crippen molar-refractivity contribution in [3.63, 3.8) is 0 Å². The molecule has 1 aliphatic heterocycles. The minimum absolute atomic E-state index is 0.0230. The number of carbonyl (C=O) groups is 1. The second kappa shape index (κ2) is 4.85. The SMILES string of the molecule is CC(C)C1OC(N)=C(c2cccc(C(F)(F)F)c2)C1=O. The second-order valence-corrected chi connectivity index (χ2v) is 4.96. The summed E-state index contributed by atoms with van der Waals surface area (Å²) in [6, 6.07) is 4.52. The molecule has 1 aliphatic rings. The van der Waals surface area contributed by atoms with Crippen molar-refractivity contribution < 1.29 is 22.7 Å². The summed E-state index contributed by atoms with van der Waals surface area (Å²) < 4.78 is 43.3. The fourth-order valence-corrected chi connectivity index (χ4v) is 2.09. The monoisotopic (exact) mass is 285 g/mol. The average Bonchev–Trinajstić information content (AvgIpc) is 2.64. The summed E-state index contributed by atoms with van der Waals surface area (Å²) in [5, 5.41) is 0. The molecule has 1 heterocycles. The lowest BCUT2D eigenvalue weighted by molar-refractivity contribution is -0.137. The van der Waals surface area contributed by atoms with Gasteiger partial charge >= 0.3 is 6.18 Å². The number of hydrogen-bond acceptors (Lipinski definition) is 3. The van der Waals surface area contributed by atoms with Gasteiger partial charge in [-0.3, -0.25) is 4.79 Å². The lowest BCUT2D eigenvalue weighted by atomic mass is 9.94. The van der Waals surface area contributed by atoms with E-state index in [0.29, 0.717) is 0 Å². The van der Waals surface area contributed by atoms with Gasteiger partial charge in [0, 0.05) is 0 Å². The molecule has 0 aliphatic carbocycles. The highest BCUT2D eigenvalue weighted by atomic mass is 19.4. The lowest BCUT2D eigenvalue weighted by Crippen LogP contribution is -2.24. The molecule has 1 aromatic rings. The van der Waals surface area contributed by atoms with Crippen LogP contribution >= 0.6 is 0 Å². The van der Waals surface area contributed by atoms with E-state index in [-0.39, 0.29) is 28.7 Å². The van der Waals surface area contributed by atoms with Gasteiger partial charge < -0.3 is 10.5 Å². The van der Waals surface area contributed by atoms with E-state index in [9.17, 15) is 18.0 Å². The quantitative estimate of drug-likeness (QED) is 0.909. The number of Topliss-reactive ketones (excluding diaryl/α,β-unsaturated/α-hetero) is 1. The van der Waals surface area contributed by atoms with Crippen molar-refractivity contribution in [3.8, 4) is 0 Å². The molecule has 1 unspecified atom stereocenters. The molecule has 6 heteroatoms. The summed E-state index contributed by atoms with van der Waals surface area (Å²) in [7, 11) is 0. The van der Waals surface area contributed by atoms with Crippen molar-refractivity contribution in [2.75, 3.05) is 0 Å². The third-order valence-corrected chi connectivity index (χ3v) is 3.09. The first-order valence-electron chi connectivity index (χ1n) is 6.10. The highest BCUT2D eigenvalue weighted by Gasteiger charge is 2.38. The van der Waals surface area contributed by atoms with Crippen LogP contribution in [0, 0.1) is 5.92 Å². The van der Waals surface area contributed by atoms with E-state index in [0.717, 1.165) is 12.1 Å². The second-order valence-electron chi connectivity index (χ2n) is 4.96. The normalized spacial score (nSPS) is 19.7. The Kier molecular flexibility index (Phi) is 3.50. The van der Waals surface area contributed by atoms with Crippen LogP contribution in [0.4, 0.5) is 13.2 Å². The first kappa shape index (κ1) is 14.4. The maximum Gasteiger partial charge on any atom is 0.416 e. The fraction of sp³-hybridized carbons (Fsp3) is 0.357. The van der Waals surface area contributed by atoms with E-state index in [4.69, 9.17) is 10.5 Å². The summed E-state index contributed by atoms with van der Waals surface area (Å²) in [5.41, 5.74) is 4.97. The Hall–Kier alpha value is -1.98. The van der Waals surface area contributed by atoms with Gasteiger partial charge in [0.2, 0.25) is 5.78 Å². The summed E-state index contributed by atoms with van der Waals surface area (Å²) in [5.74, 6) is -0.603. The molecule has 0 amide bonds. The number of hydrogen-bond donors (Lipinski definition) is 1.